The van der Waals surface area contributed by atoms with Gasteiger partial charge in [0.2, 0.25) is 0 Å². The van der Waals surface area contributed by atoms with E-state index in [4.69, 9.17) is 4.74 Å². The summed E-state index contributed by atoms with van der Waals surface area (Å²) in [6.07, 6.45) is 3.85. The van der Waals surface area contributed by atoms with E-state index >= 15 is 0 Å². The molecule has 0 amide bonds. The van der Waals surface area contributed by atoms with Gasteiger partial charge >= 0.3 is 0 Å². The molecule has 1 radical (unpaired) electrons. The number of fused-ring (bicyclic) bond motifs is 1. The van der Waals surface area contributed by atoms with Crippen LogP contribution in [0.4, 0.5) is 4.39 Å². The number of ether oxygens (including phenoxy) is 1. The van der Waals surface area contributed by atoms with Crippen molar-refractivity contribution in [2.75, 3.05) is 13.3 Å². The van der Waals surface area contributed by atoms with Gasteiger partial charge in [-0.25, -0.2) is 4.39 Å². The van der Waals surface area contributed by atoms with Gasteiger partial charge in [-0.3, -0.25) is 0 Å². The zero-order valence-corrected chi connectivity index (χ0v) is 7.16. The molecule has 0 saturated heterocycles. The first-order chi connectivity index (χ1) is 6.42. The largest absolute Gasteiger partial charge is 0.367 e. The maximum atomic E-state index is 11.9. The van der Waals surface area contributed by atoms with Gasteiger partial charge in [0.25, 0.3) is 0 Å². The Morgan fingerprint density at radius 2 is 2.46 bits per heavy atom. The molecule has 0 N–H and O–H groups in total. The van der Waals surface area contributed by atoms with Gasteiger partial charge in [-0.15, -0.1) is 0 Å². The quantitative estimate of drug-likeness (QED) is 0.689. The third kappa shape index (κ3) is 1.63. The lowest BCUT2D eigenvalue weighted by atomic mass is 10.1. The maximum Gasteiger partial charge on any atom is 0.113 e. The third-order valence-electron chi connectivity index (χ3n) is 2.06. The van der Waals surface area contributed by atoms with Crippen LogP contribution >= 0.6 is 0 Å². The summed E-state index contributed by atoms with van der Waals surface area (Å²) in [4.78, 5) is 0. The number of hydrogen-bond acceptors (Lipinski definition) is 1. The topological polar surface area (TPSA) is 9.23 Å². The minimum absolute atomic E-state index is 0.0691. The van der Waals surface area contributed by atoms with E-state index in [2.05, 4.69) is 6.07 Å². The van der Waals surface area contributed by atoms with Crippen molar-refractivity contribution in [3.63, 3.8) is 0 Å². The second-order valence-electron chi connectivity index (χ2n) is 2.89. The minimum atomic E-state index is -0.432. The Bertz CT molecular complexity index is 320. The summed E-state index contributed by atoms with van der Waals surface area (Å²) in [5, 5.41) is 0. The van der Waals surface area contributed by atoms with Crippen LogP contribution in [0.1, 0.15) is 17.2 Å². The van der Waals surface area contributed by atoms with Gasteiger partial charge in [-0.1, -0.05) is 24.3 Å². The fraction of sp³-hybridized carbons (Fsp3) is 0.273. The highest BCUT2D eigenvalue weighted by molar-refractivity contribution is 5.61. The highest BCUT2D eigenvalue weighted by Crippen LogP contribution is 2.30. The van der Waals surface area contributed by atoms with Crippen LogP contribution in [0.3, 0.4) is 0 Å². The van der Waals surface area contributed by atoms with Crippen LogP contribution in [-0.4, -0.2) is 13.3 Å². The normalized spacial score (nSPS) is 19.0. The Kier molecular flexibility index (Phi) is 2.41. The van der Waals surface area contributed by atoms with Crippen LogP contribution < -0.4 is 0 Å². The molecule has 0 spiro atoms. The van der Waals surface area contributed by atoms with E-state index in [-0.39, 0.29) is 12.7 Å². The zero-order chi connectivity index (χ0) is 9.10. The summed E-state index contributed by atoms with van der Waals surface area (Å²) in [7, 11) is 0. The molecule has 1 aliphatic rings. The van der Waals surface area contributed by atoms with Crippen LogP contribution in [0.2, 0.25) is 0 Å². The molecule has 0 aliphatic heterocycles. The van der Waals surface area contributed by atoms with Crippen molar-refractivity contribution in [3.05, 3.63) is 41.5 Å². The van der Waals surface area contributed by atoms with Crippen molar-refractivity contribution in [2.45, 2.75) is 6.10 Å². The Morgan fingerprint density at radius 3 is 3.31 bits per heavy atom. The first-order valence-corrected chi connectivity index (χ1v) is 4.27. The van der Waals surface area contributed by atoms with Crippen molar-refractivity contribution in [1.29, 1.82) is 0 Å². The Balaban J connectivity index is 2.14. The SMILES string of the molecule is FCCOC1C=Cc2c[c]ccc21. The van der Waals surface area contributed by atoms with Crippen LogP contribution in [-0.2, 0) is 4.74 Å². The number of hydrogen-bond donors (Lipinski definition) is 0. The van der Waals surface area contributed by atoms with Crippen molar-refractivity contribution in [2.24, 2.45) is 0 Å². The van der Waals surface area contributed by atoms with E-state index in [0.717, 1.165) is 11.1 Å². The fourth-order valence-electron chi connectivity index (χ4n) is 1.47. The van der Waals surface area contributed by atoms with Gasteiger partial charge in [-0.05, 0) is 23.3 Å². The molecule has 1 unspecified atom stereocenters. The average molecular weight is 177 g/mol. The highest BCUT2D eigenvalue weighted by Gasteiger charge is 2.16. The van der Waals surface area contributed by atoms with E-state index in [1.54, 1.807) is 0 Å². The van der Waals surface area contributed by atoms with Gasteiger partial charge in [0.15, 0.2) is 0 Å². The molecule has 1 aromatic rings. The number of benzene rings is 1. The lowest BCUT2D eigenvalue weighted by Crippen LogP contribution is -2.02. The summed E-state index contributed by atoms with van der Waals surface area (Å²) in [5.41, 5.74) is 2.22. The molecule has 0 fully saturated rings. The van der Waals surface area contributed by atoms with Crippen molar-refractivity contribution in [1.82, 2.24) is 0 Å². The van der Waals surface area contributed by atoms with Crippen molar-refractivity contribution < 1.29 is 9.13 Å². The van der Waals surface area contributed by atoms with E-state index in [9.17, 15) is 4.39 Å². The summed E-state index contributed by atoms with van der Waals surface area (Å²) in [5.74, 6) is 0. The number of halogens is 1. The minimum Gasteiger partial charge on any atom is -0.367 e. The first kappa shape index (κ1) is 8.45. The molecule has 0 aromatic heterocycles. The number of rotatable bonds is 3. The van der Waals surface area contributed by atoms with E-state index < -0.39 is 6.67 Å². The molecule has 67 valence electrons. The predicted octanol–water partition coefficient (Wildman–Crippen LogP) is 2.54. The molecular weight excluding hydrogens is 167 g/mol. The fourth-order valence-corrected chi connectivity index (χ4v) is 1.47. The molecule has 0 saturated carbocycles. The van der Waals surface area contributed by atoms with Gasteiger partial charge < -0.3 is 4.74 Å². The molecule has 1 aromatic carbocycles. The monoisotopic (exact) mass is 177 g/mol. The zero-order valence-electron chi connectivity index (χ0n) is 7.16. The molecule has 0 heterocycles. The van der Waals surface area contributed by atoms with Gasteiger partial charge in [0.1, 0.15) is 12.8 Å². The average Bonchev–Trinajstić information content (AvgIpc) is 2.58. The first-order valence-electron chi connectivity index (χ1n) is 4.27. The molecule has 13 heavy (non-hydrogen) atoms. The maximum absolute atomic E-state index is 11.9. The van der Waals surface area contributed by atoms with Crippen LogP contribution in [0.25, 0.3) is 6.08 Å². The molecule has 2 heteroatoms. The van der Waals surface area contributed by atoms with Gasteiger partial charge in [-0.2, -0.15) is 0 Å². The summed E-state index contributed by atoms with van der Waals surface area (Å²) >= 11 is 0. The summed E-state index contributed by atoms with van der Waals surface area (Å²) < 4.78 is 17.2. The Morgan fingerprint density at radius 1 is 1.54 bits per heavy atom. The smallest absolute Gasteiger partial charge is 0.113 e. The third-order valence-corrected chi connectivity index (χ3v) is 2.06. The van der Waals surface area contributed by atoms with Crippen LogP contribution in [0.5, 0.6) is 0 Å². The molecule has 0 bridgehead atoms. The second kappa shape index (κ2) is 3.71. The highest BCUT2D eigenvalue weighted by atomic mass is 19.1. The molecule has 1 nitrogen and oxygen atoms in total. The summed E-state index contributed by atoms with van der Waals surface area (Å²) in [6.45, 7) is -0.272. The summed E-state index contributed by atoms with van der Waals surface area (Å²) in [6, 6.07) is 8.70. The van der Waals surface area contributed by atoms with Gasteiger partial charge in [0, 0.05) is 0 Å². The Labute approximate surface area is 76.8 Å². The van der Waals surface area contributed by atoms with Crippen molar-refractivity contribution in [3.8, 4) is 0 Å². The standard InChI is InChI=1S/C11H10FO/c12-7-8-13-11-6-5-9-3-1-2-4-10(9)11/h2-6,11H,7-8H2. The molecule has 1 atom stereocenters. The van der Waals surface area contributed by atoms with Gasteiger partial charge in [0.05, 0.1) is 6.61 Å². The molecular formula is C11H10FO. The predicted molar refractivity (Wildman–Crippen MR) is 49.0 cm³/mol. The lowest BCUT2D eigenvalue weighted by molar-refractivity contribution is 0.0758. The number of alkyl halides is 1. The second-order valence-corrected chi connectivity index (χ2v) is 2.89. The van der Waals surface area contributed by atoms with Crippen LogP contribution in [0, 0.1) is 6.07 Å². The Hall–Kier alpha value is -1.15. The molecule has 2 rings (SSSR count). The van der Waals surface area contributed by atoms with E-state index in [1.807, 2.05) is 30.4 Å². The van der Waals surface area contributed by atoms with E-state index in [1.165, 1.54) is 0 Å². The lowest BCUT2D eigenvalue weighted by Gasteiger charge is -2.10. The van der Waals surface area contributed by atoms with Crippen molar-refractivity contribution >= 4 is 6.08 Å². The van der Waals surface area contributed by atoms with E-state index in [0.29, 0.717) is 0 Å². The molecule has 1 aliphatic carbocycles. The van der Waals surface area contributed by atoms with Crippen LogP contribution in [0.15, 0.2) is 24.3 Å².